The highest BCUT2D eigenvalue weighted by atomic mass is 16.5. The fraction of sp³-hybridized carbons (Fsp3) is 0.571. The van der Waals surface area contributed by atoms with E-state index in [1.54, 1.807) is 0 Å². The van der Waals surface area contributed by atoms with Gasteiger partial charge in [-0.3, -0.25) is 4.79 Å². The van der Waals surface area contributed by atoms with E-state index >= 15 is 0 Å². The van der Waals surface area contributed by atoms with Crippen molar-refractivity contribution in [2.24, 2.45) is 0 Å². The predicted octanol–water partition coefficient (Wildman–Crippen LogP) is 3.26. The maximum absolute atomic E-state index is 11.5. The van der Waals surface area contributed by atoms with Crippen molar-refractivity contribution in [3.63, 3.8) is 0 Å². The molecule has 1 aromatic rings. The second-order valence-electron chi connectivity index (χ2n) is 6.45. The van der Waals surface area contributed by atoms with Crippen LogP contribution >= 0.6 is 0 Å². The zero-order chi connectivity index (χ0) is 17.7. The number of amides is 1. The van der Waals surface area contributed by atoms with Gasteiger partial charge in [-0.05, 0) is 57.0 Å². The Bertz CT molecular complexity index is 583. The molecule has 0 atom stereocenters. The molecule has 0 saturated carbocycles. The average Bonchev–Trinajstić information content (AvgIpc) is 2.64. The highest BCUT2D eigenvalue weighted by Gasteiger charge is 2.14. The van der Waals surface area contributed by atoms with Crippen molar-refractivity contribution in [3.8, 4) is 17.6 Å². The molecule has 1 aliphatic rings. The van der Waals surface area contributed by atoms with E-state index in [4.69, 9.17) is 4.74 Å². The summed E-state index contributed by atoms with van der Waals surface area (Å²) in [5.41, 5.74) is 0.985. The second-order valence-corrected chi connectivity index (χ2v) is 6.45. The van der Waals surface area contributed by atoms with Crippen LogP contribution in [-0.4, -0.2) is 31.6 Å². The summed E-state index contributed by atoms with van der Waals surface area (Å²) in [5, 5.41) is 6.28. The molecular formula is C21H30N2O2. The van der Waals surface area contributed by atoms with Gasteiger partial charge in [0, 0.05) is 24.9 Å². The summed E-state index contributed by atoms with van der Waals surface area (Å²) in [4.78, 5) is 11.5. The molecule has 1 fully saturated rings. The maximum Gasteiger partial charge on any atom is 0.219 e. The monoisotopic (exact) mass is 342 g/mol. The fourth-order valence-corrected chi connectivity index (χ4v) is 2.75. The largest absolute Gasteiger partial charge is 0.490 e. The molecule has 4 nitrogen and oxygen atoms in total. The Kier molecular flexibility index (Phi) is 8.93. The molecule has 0 unspecified atom stereocenters. The van der Waals surface area contributed by atoms with Gasteiger partial charge in [-0.1, -0.05) is 31.3 Å². The van der Waals surface area contributed by atoms with Gasteiger partial charge >= 0.3 is 0 Å². The minimum Gasteiger partial charge on any atom is -0.490 e. The molecule has 4 heteroatoms. The summed E-state index contributed by atoms with van der Waals surface area (Å²) in [6, 6.07) is 8.02. The van der Waals surface area contributed by atoms with Gasteiger partial charge in [-0.25, -0.2) is 0 Å². The Balaban J connectivity index is 1.69. The van der Waals surface area contributed by atoms with Crippen LogP contribution < -0.4 is 15.4 Å². The van der Waals surface area contributed by atoms with Crippen molar-refractivity contribution in [2.75, 3.05) is 19.6 Å². The van der Waals surface area contributed by atoms with E-state index in [0.717, 1.165) is 62.9 Å². The number of unbranched alkanes of at least 4 members (excludes halogenated alkanes) is 2. The molecule has 1 aliphatic heterocycles. The molecule has 1 saturated heterocycles. The standard InChI is InChI=1S/C21H30N2O2/c1-2-3-11-21(24)23-14-6-4-5-8-18-9-7-10-20(17-18)25-19-12-15-22-16-13-19/h7,9-10,17,19,22H,2-4,6,11-16H2,1H3,(H,23,24). The number of carbonyl (C=O) groups excluding carboxylic acids is 1. The molecule has 0 aromatic heterocycles. The topological polar surface area (TPSA) is 50.4 Å². The van der Waals surface area contributed by atoms with Gasteiger partial charge in [0.2, 0.25) is 5.91 Å². The minimum absolute atomic E-state index is 0.151. The lowest BCUT2D eigenvalue weighted by molar-refractivity contribution is -0.121. The SMILES string of the molecule is CCCCC(=O)NCCCC#Cc1cccc(OC2CCNCC2)c1. The first-order valence-corrected chi connectivity index (χ1v) is 9.51. The maximum atomic E-state index is 11.5. The van der Waals surface area contributed by atoms with E-state index in [1.807, 2.05) is 24.3 Å². The van der Waals surface area contributed by atoms with E-state index in [1.165, 1.54) is 0 Å². The van der Waals surface area contributed by atoms with E-state index in [2.05, 4.69) is 29.4 Å². The first kappa shape index (κ1) is 19.3. The zero-order valence-electron chi connectivity index (χ0n) is 15.3. The number of rotatable bonds is 8. The first-order valence-electron chi connectivity index (χ1n) is 9.51. The van der Waals surface area contributed by atoms with Gasteiger partial charge in [0.1, 0.15) is 11.9 Å². The highest BCUT2D eigenvalue weighted by molar-refractivity contribution is 5.75. The number of hydrogen-bond acceptors (Lipinski definition) is 3. The Morgan fingerprint density at radius 1 is 1.32 bits per heavy atom. The van der Waals surface area contributed by atoms with Crippen molar-refractivity contribution in [1.82, 2.24) is 10.6 Å². The summed E-state index contributed by atoms with van der Waals surface area (Å²) < 4.78 is 6.04. The second kappa shape index (κ2) is 11.5. The van der Waals surface area contributed by atoms with Gasteiger partial charge in [0.15, 0.2) is 0 Å². The van der Waals surface area contributed by atoms with Crippen molar-refractivity contribution in [1.29, 1.82) is 0 Å². The van der Waals surface area contributed by atoms with Crippen molar-refractivity contribution >= 4 is 5.91 Å². The van der Waals surface area contributed by atoms with E-state index < -0.39 is 0 Å². The van der Waals surface area contributed by atoms with Gasteiger partial charge < -0.3 is 15.4 Å². The Labute approximate surface area is 151 Å². The Hall–Kier alpha value is -1.99. The molecule has 2 rings (SSSR count). The lowest BCUT2D eigenvalue weighted by Gasteiger charge is -2.23. The summed E-state index contributed by atoms with van der Waals surface area (Å²) in [7, 11) is 0. The molecule has 0 aliphatic carbocycles. The highest BCUT2D eigenvalue weighted by Crippen LogP contribution is 2.17. The molecule has 0 spiro atoms. The zero-order valence-corrected chi connectivity index (χ0v) is 15.3. The third-order valence-corrected chi connectivity index (χ3v) is 4.21. The molecule has 1 amide bonds. The first-order chi connectivity index (χ1) is 12.3. The lowest BCUT2D eigenvalue weighted by atomic mass is 10.1. The third-order valence-electron chi connectivity index (χ3n) is 4.21. The Morgan fingerprint density at radius 3 is 2.96 bits per heavy atom. The summed E-state index contributed by atoms with van der Waals surface area (Å²) in [6.07, 6.45) is 6.73. The minimum atomic E-state index is 0.151. The Morgan fingerprint density at radius 2 is 2.16 bits per heavy atom. The van der Waals surface area contributed by atoms with E-state index in [-0.39, 0.29) is 5.91 Å². The van der Waals surface area contributed by atoms with Crippen LogP contribution in [0.2, 0.25) is 0 Å². The molecule has 1 heterocycles. The number of benzene rings is 1. The normalized spacial score (nSPS) is 14.4. The number of carbonyl (C=O) groups is 1. The van der Waals surface area contributed by atoms with Crippen molar-refractivity contribution < 1.29 is 9.53 Å². The van der Waals surface area contributed by atoms with Gasteiger partial charge in [-0.15, -0.1) is 0 Å². The third kappa shape index (κ3) is 8.09. The smallest absolute Gasteiger partial charge is 0.219 e. The van der Waals surface area contributed by atoms with Crippen LogP contribution in [0.5, 0.6) is 5.75 Å². The molecule has 0 bridgehead atoms. The van der Waals surface area contributed by atoms with E-state index in [9.17, 15) is 4.79 Å². The van der Waals surface area contributed by atoms with Gasteiger partial charge in [0.25, 0.3) is 0 Å². The molecule has 0 radical (unpaired) electrons. The number of piperidine rings is 1. The van der Waals surface area contributed by atoms with E-state index in [0.29, 0.717) is 19.1 Å². The molecule has 2 N–H and O–H groups in total. The quantitative estimate of drug-likeness (QED) is 0.563. The lowest BCUT2D eigenvalue weighted by Crippen LogP contribution is -2.34. The molecular weight excluding hydrogens is 312 g/mol. The van der Waals surface area contributed by atoms with Crippen LogP contribution in [0, 0.1) is 11.8 Å². The number of hydrogen-bond donors (Lipinski definition) is 2. The molecule has 1 aromatic carbocycles. The van der Waals surface area contributed by atoms with Gasteiger partial charge in [-0.2, -0.15) is 0 Å². The predicted molar refractivity (Wildman–Crippen MR) is 102 cm³/mol. The van der Waals surface area contributed by atoms with Crippen LogP contribution in [0.25, 0.3) is 0 Å². The fourth-order valence-electron chi connectivity index (χ4n) is 2.75. The van der Waals surface area contributed by atoms with Crippen LogP contribution in [0.15, 0.2) is 24.3 Å². The van der Waals surface area contributed by atoms with Crippen LogP contribution in [0.1, 0.15) is 57.4 Å². The summed E-state index contributed by atoms with van der Waals surface area (Å²) in [5.74, 6) is 7.43. The molecule has 25 heavy (non-hydrogen) atoms. The van der Waals surface area contributed by atoms with Crippen LogP contribution in [0.4, 0.5) is 0 Å². The van der Waals surface area contributed by atoms with Crippen LogP contribution in [0.3, 0.4) is 0 Å². The number of ether oxygens (including phenoxy) is 1. The molecule has 136 valence electrons. The average molecular weight is 342 g/mol. The van der Waals surface area contributed by atoms with Crippen molar-refractivity contribution in [3.05, 3.63) is 29.8 Å². The summed E-state index contributed by atoms with van der Waals surface area (Å²) >= 11 is 0. The van der Waals surface area contributed by atoms with Gasteiger partial charge in [0.05, 0.1) is 0 Å². The summed E-state index contributed by atoms with van der Waals surface area (Å²) in [6.45, 7) is 4.85. The van der Waals surface area contributed by atoms with Crippen molar-refractivity contribution in [2.45, 2.75) is 58.0 Å². The van der Waals surface area contributed by atoms with Crippen LogP contribution in [-0.2, 0) is 4.79 Å². The number of nitrogens with one attached hydrogen (secondary N) is 2.